The van der Waals surface area contributed by atoms with Gasteiger partial charge in [0.15, 0.2) is 4.96 Å². The van der Waals surface area contributed by atoms with Gasteiger partial charge < -0.3 is 5.32 Å². The number of carbonyl (C=O) groups excluding carboxylic acids is 1. The van der Waals surface area contributed by atoms with Crippen LogP contribution in [0.5, 0.6) is 0 Å². The number of hydrogen-bond donors (Lipinski definition) is 1. The minimum Gasteiger partial charge on any atom is -0.324 e. The third kappa shape index (κ3) is 4.91. The number of thiazole rings is 1. The average Bonchev–Trinajstić information content (AvgIpc) is 3.32. The van der Waals surface area contributed by atoms with Crippen molar-refractivity contribution >= 4 is 27.9 Å². The second-order valence-electron chi connectivity index (χ2n) is 8.26. The Balaban J connectivity index is 1.28. The van der Waals surface area contributed by atoms with Crippen LogP contribution in [0.4, 0.5) is 10.1 Å². The first-order valence-corrected chi connectivity index (χ1v) is 12.0. The van der Waals surface area contributed by atoms with E-state index in [0.717, 1.165) is 24.3 Å². The van der Waals surface area contributed by atoms with E-state index in [0.29, 0.717) is 30.3 Å². The topological polar surface area (TPSA) is 70.0 Å². The number of hydrogen-bond acceptors (Lipinski definition) is 6. The van der Waals surface area contributed by atoms with E-state index in [4.69, 9.17) is 0 Å². The molecule has 1 saturated heterocycles. The number of benzene rings is 2. The molecule has 0 spiro atoms. The predicted molar refractivity (Wildman–Crippen MR) is 130 cm³/mol. The van der Waals surface area contributed by atoms with E-state index in [9.17, 15) is 14.0 Å². The number of rotatable bonds is 6. The zero-order valence-corrected chi connectivity index (χ0v) is 19.2. The molecule has 34 heavy (non-hydrogen) atoms. The Morgan fingerprint density at radius 1 is 1.06 bits per heavy atom. The van der Waals surface area contributed by atoms with Gasteiger partial charge in [0.1, 0.15) is 11.9 Å². The lowest BCUT2D eigenvalue weighted by molar-refractivity contribution is -0.122. The second-order valence-corrected chi connectivity index (χ2v) is 9.14. The van der Waals surface area contributed by atoms with Crippen molar-refractivity contribution in [1.29, 1.82) is 0 Å². The lowest BCUT2D eigenvalue weighted by atomic mass is 10.0. The molecule has 0 radical (unpaired) electrons. The van der Waals surface area contributed by atoms with Gasteiger partial charge in [-0.3, -0.25) is 23.8 Å². The first kappa shape index (κ1) is 22.4. The van der Waals surface area contributed by atoms with E-state index in [1.807, 2.05) is 35.7 Å². The van der Waals surface area contributed by atoms with E-state index in [1.165, 1.54) is 23.5 Å². The quantitative estimate of drug-likeness (QED) is 0.461. The Morgan fingerprint density at radius 2 is 1.79 bits per heavy atom. The van der Waals surface area contributed by atoms with Crippen LogP contribution in [0.2, 0.25) is 0 Å². The lowest BCUT2D eigenvalue weighted by Gasteiger charge is -2.38. The zero-order chi connectivity index (χ0) is 23.5. The van der Waals surface area contributed by atoms with Gasteiger partial charge in [0.05, 0.1) is 5.69 Å². The molecular formula is C25H24FN5O2S. The van der Waals surface area contributed by atoms with Gasteiger partial charge in [-0.15, -0.1) is 11.3 Å². The number of halogens is 1. The molecular weight excluding hydrogens is 453 g/mol. The number of fused-ring (bicyclic) bond motifs is 1. The lowest BCUT2D eigenvalue weighted by Crippen LogP contribution is -2.49. The first-order chi connectivity index (χ1) is 16.6. The molecule has 9 heteroatoms. The number of anilines is 1. The summed E-state index contributed by atoms with van der Waals surface area (Å²) in [6, 6.07) is 16.6. The molecule has 0 bridgehead atoms. The van der Waals surface area contributed by atoms with Crippen LogP contribution in [0.15, 0.2) is 77.0 Å². The van der Waals surface area contributed by atoms with Crippen molar-refractivity contribution in [3.63, 3.8) is 0 Å². The molecule has 7 nitrogen and oxygen atoms in total. The fourth-order valence-electron chi connectivity index (χ4n) is 4.28. The molecule has 0 aliphatic carbocycles. The standard InChI is InChI=1S/C25H24FN5O2S/c26-19-6-8-20(9-7-19)27-24(33)23(18-4-2-1-3-5-18)30-12-10-29(11-13-30)17-21-16-22(32)31-14-15-34-25(31)28-21/h1-9,14-16,23H,10-13,17H2,(H,27,33). The Hall–Kier alpha value is -3.40. The van der Waals surface area contributed by atoms with Crippen LogP contribution in [0, 0.1) is 5.82 Å². The van der Waals surface area contributed by atoms with Crippen LogP contribution in [-0.4, -0.2) is 51.3 Å². The maximum Gasteiger partial charge on any atom is 0.258 e. The van der Waals surface area contributed by atoms with Gasteiger partial charge in [0, 0.05) is 56.1 Å². The maximum atomic E-state index is 13.3. The molecule has 5 rings (SSSR count). The van der Waals surface area contributed by atoms with Crippen molar-refractivity contribution < 1.29 is 9.18 Å². The van der Waals surface area contributed by atoms with E-state index in [2.05, 4.69) is 20.1 Å². The highest BCUT2D eigenvalue weighted by molar-refractivity contribution is 7.15. The second kappa shape index (κ2) is 9.84. The minimum absolute atomic E-state index is 0.0681. The minimum atomic E-state index is -0.460. The van der Waals surface area contributed by atoms with Gasteiger partial charge >= 0.3 is 0 Å². The number of aromatic nitrogens is 2. The molecule has 2 aromatic carbocycles. The summed E-state index contributed by atoms with van der Waals surface area (Å²) in [6.45, 7) is 3.47. The summed E-state index contributed by atoms with van der Waals surface area (Å²) in [4.78, 5) is 35.3. The van der Waals surface area contributed by atoms with E-state index in [1.54, 1.807) is 28.8 Å². The molecule has 2 aromatic heterocycles. The molecule has 0 saturated carbocycles. The summed E-state index contributed by atoms with van der Waals surface area (Å²) in [5.41, 5.74) is 2.16. The largest absolute Gasteiger partial charge is 0.324 e. The summed E-state index contributed by atoms with van der Waals surface area (Å²) < 4.78 is 14.8. The van der Waals surface area contributed by atoms with Crippen molar-refractivity contribution in [1.82, 2.24) is 19.2 Å². The van der Waals surface area contributed by atoms with Crippen molar-refractivity contribution in [3.8, 4) is 0 Å². The molecule has 1 fully saturated rings. The maximum absolute atomic E-state index is 13.3. The molecule has 1 aliphatic heterocycles. The highest BCUT2D eigenvalue weighted by atomic mass is 32.1. The SMILES string of the molecule is O=C(Nc1ccc(F)cc1)C(c1ccccc1)N1CCN(Cc2cc(=O)n3ccsc3n2)CC1. The Labute approximate surface area is 200 Å². The summed E-state index contributed by atoms with van der Waals surface area (Å²) in [5.74, 6) is -0.492. The third-order valence-corrected chi connectivity index (χ3v) is 6.75. The molecule has 4 aromatic rings. The summed E-state index contributed by atoms with van der Waals surface area (Å²) in [7, 11) is 0. The fraction of sp³-hybridized carbons (Fsp3) is 0.240. The summed E-state index contributed by atoms with van der Waals surface area (Å²) in [6.07, 6.45) is 1.73. The molecule has 3 heterocycles. The van der Waals surface area contributed by atoms with Crippen LogP contribution in [0.3, 0.4) is 0 Å². The van der Waals surface area contributed by atoms with Crippen molar-refractivity contribution in [2.24, 2.45) is 0 Å². The first-order valence-electron chi connectivity index (χ1n) is 11.1. The van der Waals surface area contributed by atoms with E-state index < -0.39 is 6.04 Å². The molecule has 1 aliphatic rings. The monoisotopic (exact) mass is 477 g/mol. The summed E-state index contributed by atoms with van der Waals surface area (Å²) in [5, 5.41) is 4.78. The Bertz CT molecular complexity index is 1330. The van der Waals surface area contributed by atoms with Crippen LogP contribution in [0.25, 0.3) is 4.96 Å². The summed E-state index contributed by atoms with van der Waals surface area (Å²) >= 11 is 1.44. The highest BCUT2D eigenvalue weighted by Gasteiger charge is 2.30. The third-order valence-electron chi connectivity index (χ3n) is 5.99. The molecule has 174 valence electrons. The fourth-order valence-corrected chi connectivity index (χ4v) is 5.02. The highest BCUT2D eigenvalue weighted by Crippen LogP contribution is 2.25. The van der Waals surface area contributed by atoms with Crippen molar-refractivity contribution in [2.75, 3.05) is 31.5 Å². The zero-order valence-electron chi connectivity index (χ0n) is 18.4. The molecule has 1 atom stereocenters. The van der Waals surface area contributed by atoms with Crippen LogP contribution >= 0.6 is 11.3 Å². The smallest absolute Gasteiger partial charge is 0.258 e. The van der Waals surface area contributed by atoms with E-state index >= 15 is 0 Å². The number of nitrogens with zero attached hydrogens (tertiary/aromatic N) is 4. The molecule has 1 N–H and O–H groups in total. The number of amides is 1. The average molecular weight is 478 g/mol. The molecule has 1 amide bonds. The Kier molecular flexibility index (Phi) is 6.48. The van der Waals surface area contributed by atoms with Crippen LogP contribution in [-0.2, 0) is 11.3 Å². The number of piperazine rings is 1. The van der Waals surface area contributed by atoms with Crippen LogP contribution < -0.4 is 10.9 Å². The Morgan fingerprint density at radius 3 is 2.53 bits per heavy atom. The van der Waals surface area contributed by atoms with Gasteiger partial charge in [0.25, 0.3) is 5.56 Å². The van der Waals surface area contributed by atoms with Crippen molar-refractivity contribution in [2.45, 2.75) is 12.6 Å². The van der Waals surface area contributed by atoms with Crippen LogP contribution in [0.1, 0.15) is 17.3 Å². The van der Waals surface area contributed by atoms with Gasteiger partial charge in [-0.25, -0.2) is 9.37 Å². The predicted octanol–water partition coefficient (Wildman–Crippen LogP) is 3.39. The van der Waals surface area contributed by atoms with Gasteiger partial charge in [-0.1, -0.05) is 30.3 Å². The van der Waals surface area contributed by atoms with E-state index in [-0.39, 0.29) is 17.3 Å². The number of carbonyl (C=O) groups is 1. The molecule has 1 unspecified atom stereocenters. The van der Waals surface area contributed by atoms with Gasteiger partial charge in [-0.05, 0) is 29.8 Å². The van der Waals surface area contributed by atoms with Crippen molar-refractivity contribution in [3.05, 3.63) is 99.7 Å². The number of nitrogens with one attached hydrogen (secondary N) is 1. The van der Waals surface area contributed by atoms with Gasteiger partial charge in [-0.2, -0.15) is 0 Å². The normalized spacial score (nSPS) is 15.9. The van der Waals surface area contributed by atoms with Gasteiger partial charge in [0.2, 0.25) is 5.91 Å².